The number of fused-ring (bicyclic) bond motifs is 1. The molecule has 0 fully saturated rings. The number of aryl methyl sites for hydroxylation is 2. The number of pyridine rings is 1. The second kappa shape index (κ2) is 3.42. The Morgan fingerprint density at radius 2 is 2.13 bits per heavy atom. The van der Waals surface area contributed by atoms with Crippen LogP contribution in [0.4, 0.5) is 5.69 Å². The second-order valence-electron chi connectivity index (χ2n) is 3.69. The third-order valence-electron chi connectivity index (χ3n) is 2.70. The van der Waals surface area contributed by atoms with Crippen LogP contribution >= 0.6 is 0 Å². The van der Waals surface area contributed by atoms with Crippen molar-refractivity contribution in [1.82, 2.24) is 4.57 Å². The fourth-order valence-electron chi connectivity index (χ4n) is 1.92. The lowest BCUT2D eigenvalue weighted by atomic mass is 10.0. The number of hydrogen-bond donors (Lipinski definition) is 1. The molecule has 0 saturated heterocycles. The molecule has 15 heavy (non-hydrogen) atoms. The average Bonchev–Trinajstić information content (AvgIpc) is 2.23. The molecule has 1 aromatic carbocycles. The zero-order valence-corrected chi connectivity index (χ0v) is 8.95. The molecule has 0 radical (unpaired) electrons. The van der Waals surface area contributed by atoms with Crippen LogP contribution in [0.15, 0.2) is 29.2 Å². The number of rotatable bonds is 1. The van der Waals surface area contributed by atoms with E-state index in [0.29, 0.717) is 11.1 Å². The number of anilines is 1. The van der Waals surface area contributed by atoms with E-state index >= 15 is 0 Å². The first-order valence-corrected chi connectivity index (χ1v) is 5.02. The molecule has 0 spiro atoms. The van der Waals surface area contributed by atoms with Gasteiger partial charge in [0.2, 0.25) is 0 Å². The van der Waals surface area contributed by atoms with E-state index in [0.717, 1.165) is 17.4 Å². The van der Waals surface area contributed by atoms with E-state index < -0.39 is 0 Å². The van der Waals surface area contributed by atoms with Crippen LogP contribution in [-0.2, 0) is 13.5 Å². The van der Waals surface area contributed by atoms with Crippen molar-refractivity contribution in [1.29, 1.82) is 0 Å². The first kappa shape index (κ1) is 9.77. The van der Waals surface area contributed by atoms with Gasteiger partial charge in [-0.2, -0.15) is 0 Å². The first-order valence-electron chi connectivity index (χ1n) is 5.02. The highest BCUT2D eigenvalue weighted by atomic mass is 16.1. The summed E-state index contributed by atoms with van der Waals surface area (Å²) in [5.74, 6) is 0. The Kier molecular flexibility index (Phi) is 2.23. The number of nitrogens with two attached hydrogens (primary N) is 1. The molecular formula is C12H14N2O. The Morgan fingerprint density at radius 3 is 2.80 bits per heavy atom. The summed E-state index contributed by atoms with van der Waals surface area (Å²) < 4.78 is 1.61. The normalized spacial score (nSPS) is 10.8. The predicted octanol–water partition coefficient (Wildman–Crippen LogP) is 1.68. The van der Waals surface area contributed by atoms with Gasteiger partial charge in [-0.05, 0) is 24.1 Å². The van der Waals surface area contributed by atoms with Gasteiger partial charge in [-0.3, -0.25) is 4.79 Å². The minimum atomic E-state index is 0.00880. The zero-order valence-electron chi connectivity index (χ0n) is 8.95. The molecule has 3 heteroatoms. The van der Waals surface area contributed by atoms with Crippen LogP contribution in [-0.4, -0.2) is 4.57 Å². The van der Waals surface area contributed by atoms with Gasteiger partial charge in [0.15, 0.2) is 0 Å². The lowest BCUT2D eigenvalue weighted by molar-refractivity contribution is 0.857. The van der Waals surface area contributed by atoms with Gasteiger partial charge in [0, 0.05) is 29.7 Å². The quantitative estimate of drug-likeness (QED) is 0.715. The average molecular weight is 202 g/mol. The maximum Gasteiger partial charge on any atom is 0.258 e. The van der Waals surface area contributed by atoms with E-state index in [1.54, 1.807) is 11.6 Å². The molecule has 3 nitrogen and oxygen atoms in total. The number of hydrogen-bond acceptors (Lipinski definition) is 2. The molecule has 0 amide bonds. The molecule has 0 saturated carbocycles. The summed E-state index contributed by atoms with van der Waals surface area (Å²) in [5, 5.41) is 1.61. The Balaban J connectivity index is 3.03. The van der Waals surface area contributed by atoms with Gasteiger partial charge < -0.3 is 10.3 Å². The maximum absolute atomic E-state index is 11.9. The van der Waals surface area contributed by atoms with Crippen molar-refractivity contribution in [2.45, 2.75) is 13.3 Å². The Labute approximate surface area is 88.1 Å². The Hall–Kier alpha value is -1.77. The largest absolute Gasteiger partial charge is 0.398 e. The highest BCUT2D eigenvalue weighted by molar-refractivity contribution is 5.94. The second-order valence-corrected chi connectivity index (χ2v) is 3.69. The van der Waals surface area contributed by atoms with Crippen LogP contribution < -0.4 is 11.3 Å². The van der Waals surface area contributed by atoms with Crippen LogP contribution in [0.2, 0.25) is 0 Å². The predicted molar refractivity (Wildman–Crippen MR) is 63.0 cm³/mol. The molecule has 2 rings (SSSR count). The van der Waals surface area contributed by atoms with E-state index in [9.17, 15) is 4.79 Å². The summed E-state index contributed by atoms with van der Waals surface area (Å²) in [6, 6.07) is 5.48. The summed E-state index contributed by atoms with van der Waals surface area (Å²) in [4.78, 5) is 11.9. The minimum absolute atomic E-state index is 0.00880. The van der Waals surface area contributed by atoms with Crippen molar-refractivity contribution in [2.75, 3.05) is 5.73 Å². The third-order valence-corrected chi connectivity index (χ3v) is 2.70. The molecule has 0 aliphatic heterocycles. The van der Waals surface area contributed by atoms with Gasteiger partial charge in [0.1, 0.15) is 0 Å². The van der Waals surface area contributed by atoms with Crippen LogP contribution in [0.25, 0.3) is 10.8 Å². The fraction of sp³-hybridized carbons (Fsp3) is 0.250. The molecule has 78 valence electrons. The lowest BCUT2D eigenvalue weighted by Crippen LogP contribution is -2.17. The van der Waals surface area contributed by atoms with Crippen molar-refractivity contribution in [3.8, 4) is 0 Å². The molecule has 2 N–H and O–H groups in total. The Morgan fingerprint density at radius 1 is 1.40 bits per heavy atom. The number of benzene rings is 1. The van der Waals surface area contributed by atoms with Crippen molar-refractivity contribution >= 4 is 16.5 Å². The number of nitrogens with zero attached hydrogens (tertiary/aromatic N) is 1. The van der Waals surface area contributed by atoms with Gasteiger partial charge in [-0.1, -0.05) is 13.0 Å². The first-order chi connectivity index (χ1) is 7.15. The molecule has 0 unspecified atom stereocenters. The van der Waals surface area contributed by atoms with Crippen LogP contribution in [0.3, 0.4) is 0 Å². The molecule has 0 aliphatic carbocycles. The maximum atomic E-state index is 11.9. The number of nitrogen functional groups attached to an aromatic ring is 1. The van der Waals surface area contributed by atoms with Crippen LogP contribution in [0, 0.1) is 0 Å². The molecule has 0 bridgehead atoms. The summed E-state index contributed by atoms with van der Waals surface area (Å²) in [5.41, 5.74) is 7.71. The van der Waals surface area contributed by atoms with E-state index in [4.69, 9.17) is 5.73 Å². The molecule has 1 heterocycles. The summed E-state index contributed by atoms with van der Waals surface area (Å²) >= 11 is 0. The third kappa shape index (κ3) is 1.40. The summed E-state index contributed by atoms with van der Waals surface area (Å²) in [7, 11) is 1.77. The standard InChI is InChI=1S/C12H14N2O/c1-3-8-7-14(2)12(15)9-5-4-6-10(13)11(8)9/h4-7H,3,13H2,1-2H3. The number of aromatic nitrogens is 1. The van der Waals surface area contributed by atoms with E-state index in [2.05, 4.69) is 6.92 Å². The Bertz CT molecular complexity index is 570. The molecular weight excluding hydrogens is 188 g/mol. The summed E-state index contributed by atoms with van der Waals surface area (Å²) in [6.45, 7) is 2.06. The van der Waals surface area contributed by atoms with Crippen molar-refractivity contribution in [3.05, 3.63) is 40.3 Å². The summed E-state index contributed by atoms with van der Waals surface area (Å²) in [6.07, 6.45) is 2.74. The van der Waals surface area contributed by atoms with Gasteiger partial charge in [0.25, 0.3) is 5.56 Å². The van der Waals surface area contributed by atoms with Gasteiger partial charge in [-0.25, -0.2) is 0 Å². The van der Waals surface area contributed by atoms with Crippen molar-refractivity contribution < 1.29 is 0 Å². The minimum Gasteiger partial charge on any atom is -0.398 e. The SMILES string of the molecule is CCc1cn(C)c(=O)c2cccc(N)c12. The molecule has 2 aromatic rings. The van der Waals surface area contributed by atoms with E-state index in [-0.39, 0.29) is 5.56 Å². The van der Waals surface area contributed by atoms with Gasteiger partial charge in [-0.15, -0.1) is 0 Å². The monoisotopic (exact) mass is 202 g/mol. The highest BCUT2D eigenvalue weighted by Crippen LogP contribution is 2.22. The van der Waals surface area contributed by atoms with Gasteiger partial charge >= 0.3 is 0 Å². The van der Waals surface area contributed by atoms with E-state index in [1.807, 2.05) is 24.4 Å². The zero-order chi connectivity index (χ0) is 11.0. The van der Waals surface area contributed by atoms with Gasteiger partial charge in [0.05, 0.1) is 0 Å². The van der Waals surface area contributed by atoms with Crippen molar-refractivity contribution in [3.63, 3.8) is 0 Å². The van der Waals surface area contributed by atoms with Crippen LogP contribution in [0.5, 0.6) is 0 Å². The van der Waals surface area contributed by atoms with Crippen LogP contribution in [0.1, 0.15) is 12.5 Å². The fourth-order valence-corrected chi connectivity index (χ4v) is 1.92. The molecule has 1 aromatic heterocycles. The van der Waals surface area contributed by atoms with Crippen molar-refractivity contribution in [2.24, 2.45) is 7.05 Å². The topological polar surface area (TPSA) is 48.0 Å². The van der Waals surface area contributed by atoms with E-state index in [1.165, 1.54) is 0 Å². The lowest BCUT2D eigenvalue weighted by Gasteiger charge is -2.09. The highest BCUT2D eigenvalue weighted by Gasteiger charge is 2.07. The smallest absolute Gasteiger partial charge is 0.258 e. The molecule has 0 aliphatic rings. The molecule has 0 atom stereocenters.